The van der Waals surface area contributed by atoms with Crippen LogP contribution in [-0.2, 0) is 11.2 Å². The molecule has 0 saturated heterocycles. The molecule has 16 heavy (non-hydrogen) atoms. The first-order valence-electron chi connectivity index (χ1n) is 4.76. The molecule has 0 spiro atoms. The molecule has 0 unspecified atom stereocenters. The lowest BCUT2D eigenvalue weighted by Gasteiger charge is -1.97. The SMILES string of the molecule is Cc1nc(NC(=O)Cc2cocn2)sc1C. The Kier molecular flexibility index (Phi) is 3.00. The van der Waals surface area contributed by atoms with Crippen LogP contribution in [0, 0.1) is 13.8 Å². The second-order valence-corrected chi connectivity index (χ2v) is 4.57. The highest BCUT2D eigenvalue weighted by Crippen LogP contribution is 2.21. The molecule has 0 bridgehead atoms. The molecule has 1 N–H and O–H groups in total. The van der Waals surface area contributed by atoms with Crippen LogP contribution >= 0.6 is 11.3 Å². The number of carbonyl (C=O) groups is 1. The van der Waals surface area contributed by atoms with Crippen molar-refractivity contribution in [1.82, 2.24) is 9.97 Å². The summed E-state index contributed by atoms with van der Waals surface area (Å²) >= 11 is 1.47. The normalized spacial score (nSPS) is 10.4. The van der Waals surface area contributed by atoms with Gasteiger partial charge in [-0.15, -0.1) is 11.3 Å². The summed E-state index contributed by atoms with van der Waals surface area (Å²) < 4.78 is 4.78. The number of nitrogens with one attached hydrogen (secondary N) is 1. The molecule has 0 aliphatic rings. The van der Waals surface area contributed by atoms with Crippen LogP contribution in [0.15, 0.2) is 17.1 Å². The number of carbonyl (C=O) groups excluding carboxylic acids is 1. The Balaban J connectivity index is 1.97. The summed E-state index contributed by atoms with van der Waals surface area (Å²) in [6, 6.07) is 0. The number of aryl methyl sites for hydroxylation is 2. The van der Waals surface area contributed by atoms with Crippen molar-refractivity contribution in [2.24, 2.45) is 0 Å². The Morgan fingerprint density at radius 2 is 2.38 bits per heavy atom. The van der Waals surface area contributed by atoms with Crippen LogP contribution in [0.2, 0.25) is 0 Å². The molecule has 0 radical (unpaired) electrons. The molecule has 0 aliphatic carbocycles. The Labute approximate surface area is 96.5 Å². The Morgan fingerprint density at radius 1 is 1.56 bits per heavy atom. The standard InChI is InChI=1S/C10H11N3O2S/c1-6-7(2)16-10(12-6)13-9(14)3-8-4-15-5-11-8/h4-5H,3H2,1-2H3,(H,12,13,14). The minimum atomic E-state index is -0.136. The van der Waals surface area contributed by atoms with Gasteiger partial charge in [-0.25, -0.2) is 9.97 Å². The van der Waals surface area contributed by atoms with Gasteiger partial charge in [0.1, 0.15) is 6.26 Å². The van der Waals surface area contributed by atoms with Gasteiger partial charge in [-0.3, -0.25) is 4.79 Å². The third kappa shape index (κ3) is 2.46. The number of rotatable bonds is 3. The van der Waals surface area contributed by atoms with Crippen LogP contribution in [0.25, 0.3) is 0 Å². The minimum absolute atomic E-state index is 0.136. The van der Waals surface area contributed by atoms with E-state index in [0.717, 1.165) is 10.6 Å². The van der Waals surface area contributed by atoms with Crippen molar-refractivity contribution < 1.29 is 9.21 Å². The van der Waals surface area contributed by atoms with Gasteiger partial charge in [0.2, 0.25) is 5.91 Å². The Bertz CT molecular complexity index is 471. The average molecular weight is 237 g/mol. The fourth-order valence-electron chi connectivity index (χ4n) is 1.18. The summed E-state index contributed by atoms with van der Waals surface area (Å²) in [5.74, 6) is -0.136. The molecule has 1 amide bonds. The van der Waals surface area contributed by atoms with Gasteiger partial charge in [0.05, 0.1) is 17.8 Å². The number of hydrogen-bond acceptors (Lipinski definition) is 5. The van der Waals surface area contributed by atoms with Crippen molar-refractivity contribution in [2.45, 2.75) is 20.3 Å². The summed E-state index contributed by atoms with van der Waals surface area (Å²) in [7, 11) is 0. The van der Waals surface area contributed by atoms with Gasteiger partial charge in [-0.1, -0.05) is 0 Å². The first-order valence-corrected chi connectivity index (χ1v) is 5.58. The number of oxazole rings is 1. The van der Waals surface area contributed by atoms with Crippen LogP contribution in [0.1, 0.15) is 16.3 Å². The zero-order chi connectivity index (χ0) is 11.5. The van der Waals surface area contributed by atoms with Crippen LogP contribution in [0.4, 0.5) is 5.13 Å². The highest BCUT2D eigenvalue weighted by molar-refractivity contribution is 7.15. The number of anilines is 1. The molecule has 2 aromatic rings. The van der Waals surface area contributed by atoms with E-state index >= 15 is 0 Å². The number of nitrogens with zero attached hydrogens (tertiary/aromatic N) is 2. The topological polar surface area (TPSA) is 68.0 Å². The van der Waals surface area contributed by atoms with Gasteiger partial charge < -0.3 is 9.73 Å². The van der Waals surface area contributed by atoms with E-state index in [1.54, 1.807) is 0 Å². The van der Waals surface area contributed by atoms with Crippen molar-refractivity contribution in [3.63, 3.8) is 0 Å². The van der Waals surface area contributed by atoms with E-state index in [9.17, 15) is 4.79 Å². The molecule has 84 valence electrons. The highest BCUT2D eigenvalue weighted by atomic mass is 32.1. The zero-order valence-corrected chi connectivity index (χ0v) is 9.80. The van der Waals surface area contributed by atoms with Crippen LogP contribution < -0.4 is 5.32 Å². The van der Waals surface area contributed by atoms with Gasteiger partial charge in [0, 0.05) is 4.88 Å². The summed E-state index contributed by atoms with van der Waals surface area (Å²) in [6.45, 7) is 3.89. The molecule has 0 aromatic carbocycles. The Morgan fingerprint density at radius 3 is 2.94 bits per heavy atom. The lowest BCUT2D eigenvalue weighted by atomic mass is 10.3. The van der Waals surface area contributed by atoms with Gasteiger partial charge in [0.25, 0.3) is 0 Å². The van der Waals surface area contributed by atoms with E-state index in [1.807, 2.05) is 13.8 Å². The summed E-state index contributed by atoms with van der Waals surface area (Å²) in [5.41, 5.74) is 1.56. The molecule has 2 heterocycles. The van der Waals surface area contributed by atoms with Crippen molar-refractivity contribution >= 4 is 22.4 Å². The summed E-state index contributed by atoms with van der Waals surface area (Å²) in [6.07, 6.45) is 2.96. The van der Waals surface area contributed by atoms with Crippen molar-refractivity contribution in [3.8, 4) is 0 Å². The maximum atomic E-state index is 11.6. The molecule has 0 fully saturated rings. The van der Waals surface area contributed by atoms with E-state index in [0.29, 0.717) is 10.8 Å². The van der Waals surface area contributed by atoms with E-state index in [-0.39, 0.29) is 12.3 Å². The predicted octanol–water partition coefficient (Wildman–Crippen LogP) is 1.93. The average Bonchev–Trinajstić information content (AvgIpc) is 2.78. The van der Waals surface area contributed by atoms with Gasteiger partial charge in [-0.05, 0) is 13.8 Å². The fourth-order valence-corrected chi connectivity index (χ4v) is 2.01. The molecular formula is C10H11N3O2S. The van der Waals surface area contributed by atoms with Crippen LogP contribution in [0.3, 0.4) is 0 Å². The lowest BCUT2D eigenvalue weighted by molar-refractivity contribution is -0.115. The summed E-state index contributed by atoms with van der Waals surface area (Å²) in [5, 5.41) is 3.36. The molecule has 0 saturated carbocycles. The smallest absolute Gasteiger partial charge is 0.232 e. The second kappa shape index (κ2) is 4.44. The molecule has 2 aromatic heterocycles. The Hall–Kier alpha value is -1.69. The lowest BCUT2D eigenvalue weighted by Crippen LogP contribution is -2.14. The fraction of sp³-hybridized carbons (Fsp3) is 0.300. The van der Waals surface area contributed by atoms with E-state index in [1.165, 1.54) is 24.0 Å². The zero-order valence-electron chi connectivity index (χ0n) is 8.98. The molecule has 0 aliphatic heterocycles. The van der Waals surface area contributed by atoms with Crippen molar-refractivity contribution in [1.29, 1.82) is 0 Å². The minimum Gasteiger partial charge on any atom is -0.451 e. The van der Waals surface area contributed by atoms with Crippen LogP contribution in [0.5, 0.6) is 0 Å². The van der Waals surface area contributed by atoms with Gasteiger partial charge in [0.15, 0.2) is 11.5 Å². The molecule has 2 rings (SSSR count). The van der Waals surface area contributed by atoms with E-state index in [4.69, 9.17) is 4.42 Å². The van der Waals surface area contributed by atoms with Gasteiger partial charge in [-0.2, -0.15) is 0 Å². The first kappa shape index (κ1) is 10.8. The van der Waals surface area contributed by atoms with Crippen molar-refractivity contribution in [3.05, 3.63) is 28.9 Å². The molecule has 5 nitrogen and oxygen atoms in total. The number of aromatic nitrogens is 2. The van der Waals surface area contributed by atoms with Crippen LogP contribution in [-0.4, -0.2) is 15.9 Å². The van der Waals surface area contributed by atoms with Gasteiger partial charge >= 0.3 is 0 Å². The quantitative estimate of drug-likeness (QED) is 0.885. The van der Waals surface area contributed by atoms with Crippen molar-refractivity contribution in [2.75, 3.05) is 5.32 Å². The number of hydrogen-bond donors (Lipinski definition) is 1. The summed E-state index contributed by atoms with van der Waals surface area (Å²) in [4.78, 5) is 20.8. The largest absolute Gasteiger partial charge is 0.451 e. The van der Waals surface area contributed by atoms with E-state index in [2.05, 4.69) is 15.3 Å². The number of amides is 1. The maximum absolute atomic E-state index is 11.6. The number of thiazole rings is 1. The monoisotopic (exact) mass is 237 g/mol. The predicted molar refractivity (Wildman–Crippen MR) is 60.4 cm³/mol. The highest BCUT2D eigenvalue weighted by Gasteiger charge is 2.09. The maximum Gasteiger partial charge on any atom is 0.232 e. The first-order chi connectivity index (χ1) is 7.65. The third-order valence-corrected chi connectivity index (χ3v) is 3.09. The second-order valence-electron chi connectivity index (χ2n) is 3.37. The third-order valence-electron chi connectivity index (χ3n) is 2.10. The molecule has 0 atom stereocenters. The molecule has 6 heteroatoms. The molecular weight excluding hydrogens is 226 g/mol. The van der Waals surface area contributed by atoms with E-state index < -0.39 is 0 Å².